The lowest BCUT2D eigenvalue weighted by atomic mass is 10.2. The van der Waals surface area contributed by atoms with Gasteiger partial charge in [-0.25, -0.2) is 0 Å². The molecule has 0 unspecified atom stereocenters. The fraction of sp³-hybridized carbons (Fsp3) is 0.176. The molecule has 0 saturated heterocycles. The number of hydrogen-bond acceptors (Lipinski definition) is 3. The number of ether oxygens (including phenoxy) is 1. The Labute approximate surface area is 139 Å². The topological polar surface area (TPSA) is 67.4 Å². The van der Waals surface area contributed by atoms with E-state index in [0.717, 1.165) is 5.56 Å². The Morgan fingerprint density at radius 2 is 1.83 bits per heavy atom. The minimum atomic E-state index is -0.434. The maximum Gasteiger partial charge on any atom is 0.233 e. The largest absolute Gasteiger partial charge is 0.495 e. The number of benzene rings is 2. The first kappa shape index (κ1) is 16.8. The molecule has 0 atom stereocenters. The highest BCUT2D eigenvalue weighted by Gasteiger charge is 2.12. The number of anilines is 1. The van der Waals surface area contributed by atoms with Crippen LogP contribution in [0, 0.1) is 0 Å². The predicted molar refractivity (Wildman–Crippen MR) is 89.5 cm³/mol. The zero-order valence-corrected chi connectivity index (χ0v) is 13.4. The van der Waals surface area contributed by atoms with Crippen molar-refractivity contribution in [2.24, 2.45) is 0 Å². The third-order valence-corrected chi connectivity index (χ3v) is 3.32. The summed E-state index contributed by atoms with van der Waals surface area (Å²) >= 11 is 5.89. The molecule has 2 aromatic rings. The standard InChI is InChI=1S/C17H17ClN2O3/c1-23-15-8-7-13(18)9-14(15)20-17(22)10-16(21)19-11-12-5-3-2-4-6-12/h2-9H,10-11H2,1H3,(H,19,21)(H,20,22). The summed E-state index contributed by atoms with van der Waals surface area (Å²) in [5, 5.41) is 5.79. The van der Waals surface area contributed by atoms with Crippen LogP contribution in [0.5, 0.6) is 5.75 Å². The van der Waals surface area contributed by atoms with Gasteiger partial charge >= 0.3 is 0 Å². The van der Waals surface area contributed by atoms with Crippen LogP contribution in [-0.4, -0.2) is 18.9 Å². The van der Waals surface area contributed by atoms with Crippen LogP contribution in [0.2, 0.25) is 5.02 Å². The van der Waals surface area contributed by atoms with Crippen LogP contribution in [0.1, 0.15) is 12.0 Å². The van der Waals surface area contributed by atoms with Crippen molar-refractivity contribution in [3.8, 4) is 5.75 Å². The molecule has 0 bridgehead atoms. The lowest BCUT2D eigenvalue weighted by molar-refractivity contribution is -0.126. The molecule has 2 rings (SSSR count). The Morgan fingerprint density at radius 3 is 2.52 bits per heavy atom. The summed E-state index contributed by atoms with van der Waals surface area (Å²) in [6, 6.07) is 14.3. The summed E-state index contributed by atoms with van der Waals surface area (Å²) < 4.78 is 5.14. The van der Waals surface area contributed by atoms with Gasteiger partial charge in [0.15, 0.2) is 0 Å². The number of nitrogens with one attached hydrogen (secondary N) is 2. The van der Waals surface area contributed by atoms with Gasteiger partial charge in [-0.15, -0.1) is 0 Å². The van der Waals surface area contributed by atoms with Crippen molar-refractivity contribution in [3.05, 3.63) is 59.1 Å². The van der Waals surface area contributed by atoms with E-state index >= 15 is 0 Å². The van der Waals surface area contributed by atoms with E-state index in [1.165, 1.54) is 7.11 Å². The average molecular weight is 333 g/mol. The van der Waals surface area contributed by atoms with E-state index in [0.29, 0.717) is 23.0 Å². The maximum absolute atomic E-state index is 11.9. The first-order chi connectivity index (χ1) is 11.1. The molecule has 0 heterocycles. The molecular weight excluding hydrogens is 316 g/mol. The van der Waals surface area contributed by atoms with Crippen LogP contribution in [0.3, 0.4) is 0 Å². The van der Waals surface area contributed by atoms with Crippen molar-refractivity contribution in [2.75, 3.05) is 12.4 Å². The molecule has 6 heteroatoms. The zero-order chi connectivity index (χ0) is 16.7. The Kier molecular flexibility index (Phi) is 6.00. The van der Waals surface area contributed by atoms with Crippen molar-refractivity contribution < 1.29 is 14.3 Å². The summed E-state index contributed by atoms with van der Waals surface area (Å²) in [4.78, 5) is 23.8. The second-order valence-corrected chi connectivity index (χ2v) is 5.27. The van der Waals surface area contributed by atoms with Gasteiger partial charge in [0.25, 0.3) is 0 Å². The van der Waals surface area contributed by atoms with Gasteiger partial charge in [0.2, 0.25) is 11.8 Å². The highest BCUT2D eigenvalue weighted by atomic mass is 35.5. The molecule has 0 fully saturated rings. The van der Waals surface area contributed by atoms with E-state index in [1.54, 1.807) is 18.2 Å². The minimum Gasteiger partial charge on any atom is -0.495 e. The molecule has 23 heavy (non-hydrogen) atoms. The molecule has 0 aliphatic carbocycles. The van der Waals surface area contributed by atoms with Gasteiger partial charge in [-0.05, 0) is 23.8 Å². The molecular formula is C17H17ClN2O3. The van der Waals surface area contributed by atoms with Gasteiger partial charge in [0.1, 0.15) is 12.2 Å². The number of methoxy groups -OCH3 is 1. The van der Waals surface area contributed by atoms with Gasteiger partial charge < -0.3 is 15.4 Å². The first-order valence-electron chi connectivity index (χ1n) is 7.02. The first-order valence-corrected chi connectivity index (χ1v) is 7.40. The molecule has 0 aromatic heterocycles. The number of hydrogen-bond donors (Lipinski definition) is 2. The number of halogens is 1. The minimum absolute atomic E-state index is 0.275. The molecule has 2 N–H and O–H groups in total. The van der Waals surface area contributed by atoms with Gasteiger partial charge in [0.05, 0.1) is 12.8 Å². The number of amides is 2. The number of carbonyl (C=O) groups excluding carboxylic acids is 2. The zero-order valence-electron chi connectivity index (χ0n) is 12.6. The van der Waals surface area contributed by atoms with E-state index in [-0.39, 0.29) is 12.3 Å². The quantitative estimate of drug-likeness (QED) is 0.799. The van der Waals surface area contributed by atoms with E-state index < -0.39 is 5.91 Å². The summed E-state index contributed by atoms with van der Waals surface area (Å²) in [6.45, 7) is 0.382. The van der Waals surface area contributed by atoms with Crippen LogP contribution in [0.15, 0.2) is 48.5 Å². The van der Waals surface area contributed by atoms with Crippen LogP contribution < -0.4 is 15.4 Å². The predicted octanol–water partition coefficient (Wildman–Crippen LogP) is 2.99. The summed E-state index contributed by atoms with van der Waals surface area (Å²) in [7, 11) is 1.49. The SMILES string of the molecule is COc1ccc(Cl)cc1NC(=O)CC(=O)NCc1ccccc1. The van der Waals surface area contributed by atoms with Gasteiger partial charge in [0, 0.05) is 11.6 Å². The molecule has 0 radical (unpaired) electrons. The van der Waals surface area contributed by atoms with E-state index in [4.69, 9.17) is 16.3 Å². The molecule has 2 aromatic carbocycles. The van der Waals surface area contributed by atoms with Crippen LogP contribution >= 0.6 is 11.6 Å². The van der Waals surface area contributed by atoms with Crippen molar-refractivity contribution in [2.45, 2.75) is 13.0 Å². The second-order valence-electron chi connectivity index (χ2n) is 4.83. The molecule has 120 valence electrons. The third kappa shape index (κ3) is 5.30. The Morgan fingerprint density at radius 1 is 1.09 bits per heavy atom. The fourth-order valence-corrected chi connectivity index (χ4v) is 2.15. The molecule has 0 spiro atoms. The molecule has 0 saturated carbocycles. The second kappa shape index (κ2) is 8.19. The highest BCUT2D eigenvalue weighted by molar-refractivity contribution is 6.31. The normalized spacial score (nSPS) is 10.0. The monoisotopic (exact) mass is 332 g/mol. The lowest BCUT2D eigenvalue weighted by Crippen LogP contribution is -2.27. The van der Waals surface area contributed by atoms with Gasteiger partial charge in [-0.2, -0.15) is 0 Å². The average Bonchev–Trinajstić information content (AvgIpc) is 2.54. The van der Waals surface area contributed by atoms with Crippen molar-refractivity contribution in [1.82, 2.24) is 5.32 Å². The Balaban J connectivity index is 1.87. The van der Waals surface area contributed by atoms with Crippen molar-refractivity contribution in [3.63, 3.8) is 0 Å². The van der Waals surface area contributed by atoms with Crippen LogP contribution in [0.4, 0.5) is 5.69 Å². The van der Waals surface area contributed by atoms with Crippen molar-refractivity contribution >= 4 is 29.1 Å². The molecule has 5 nitrogen and oxygen atoms in total. The van der Waals surface area contributed by atoms with Gasteiger partial charge in [-0.1, -0.05) is 41.9 Å². The third-order valence-electron chi connectivity index (χ3n) is 3.09. The highest BCUT2D eigenvalue weighted by Crippen LogP contribution is 2.27. The lowest BCUT2D eigenvalue weighted by Gasteiger charge is -2.10. The van der Waals surface area contributed by atoms with E-state index in [2.05, 4.69) is 10.6 Å². The summed E-state index contributed by atoms with van der Waals surface area (Å²) in [5.41, 5.74) is 1.40. The number of rotatable bonds is 6. The number of carbonyl (C=O) groups is 2. The van der Waals surface area contributed by atoms with Crippen molar-refractivity contribution in [1.29, 1.82) is 0 Å². The fourth-order valence-electron chi connectivity index (χ4n) is 1.98. The smallest absolute Gasteiger partial charge is 0.233 e. The molecule has 2 amide bonds. The summed E-state index contributed by atoms with van der Waals surface area (Å²) in [6.07, 6.45) is -0.275. The summed E-state index contributed by atoms with van der Waals surface area (Å²) in [5.74, 6) is -0.309. The Hall–Kier alpha value is -2.53. The van der Waals surface area contributed by atoms with Gasteiger partial charge in [-0.3, -0.25) is 9.59 Å². The molecule has 0 aliphatic rings. The Bertz CT molecular complexity index is 689. The molecule has 0 aliphatic heterocycles. The maximum atomic E-state index is 11.9. The van der Waals surface area contributed by atoms with E-state index in [9.17, 15) is 9.59 Å². The van der Waals surface area contributed by atoms with Crippen LogP contribution in [-0.2, 0) is 16.1 Å². The van der Waals surface area contributed by atoms with Crippen LogP contribution in [0.25, 0.3) is 0 Å². The van der Waals surface area contributed by atoms with E-state index in [1.807, 2.05) is 30.3 Å².